The van der Waals surface area contributed by atoms with E-state index in [1.54, 1.807) is 38.2 Å². The molecule has 13 nitrogen and oxygen atoms in total. The number of ether oxygens (including phenoxy) is 4. The zero-order chi connectivity index (χ0) is 33.7. The summed E-state index contributed by atoms with van der Waals surface area (Å²) in [6, 6.07) is 7.61. The van der Waals surface area contributed by atoms with Crippen LogP contribution >= 0.6 is 11.6 Å². The van der Waals surface area contributed by atoms with Gasteiger partial charge in [-0.2, -0.15) is 0 Å². The first-order chi connectivity index (χ1) is 21.8. The number of aliphatic hydroxyl groups is 1. The number of sulfonamides is 1. The number of carbonyl (C=O) groups excluding carboxylic acids is 2. The summed E-state index contributed by atoms with van der Waals surface area (Å²) in [5.41, 5.74) is -1.07. The number of benzene rings is 2. The van der Waals surface area contributed by atoms with Gasteiger partial charge in [0.2, 0.25) is 5.88 Å². The zero-order valence-electron chi connectivity index (χ0n) is 26.5. The lowest BCUT2D eigenvalue weighted by molar-refractivity contribution is -0.776. The Morgan fingerprint density at radius 3 is 2.26 bits per heavy atom. The Morgan fingerprint density at radius 2 is 1.65 bits per heavy atom. The fourth-order valence-electron chi connectivity index (χ4n) is 6.32. The molecule has 0 bridgehead atoms. The van der Waals surface area contributed by atoms with Crippen LogP contribution in [0.1, 0.15) is 23.1 Å². The molecule has 1 unspecified atom stereocenters. The molecule has 3 heterocycles. The van der Waals surface area contributed by atoms with Crippen molar-refractivity contribution < 1.29 is 47.0 Å². The van der Waals surface area contributed by atoms with Gasteiger partial charge in [0, 0.05) is 47.4 Å². The maximum Gasteiger partial charge on any atom is 0.329 e. The van der Waals surface area contributed by atoms with Crippen LogP contribution in [0.2, 0.25) is 5.02 Å². The topological polar surface area (TPSA) is 149 Å². The summed E-state index contributed by atoms with van der Waals surface area (Å²) in [6.45, 7) is 1.61. The Morgan fingerprint density at radius 1 is 1.00 bits per heavy atom. The molecule has 1 saturated heterocycles. The van der Waals surface area contributed by atoms with E-state index in [0.717, 1.165) is 0 Å². The number of likely N-dealkylation sites (N-methyl/N-ethyl adjacent to an activating group) is 1. The van der Waals surface area contributed by atoms with Gasteiger partial charge < -0.3 is 24.1 Å². The monoisotopic (exact) mass is 675 g/mol. The van der Waals surface area contributed by atoms with E-state index in [2.05, 4.69) is 4.98 Å². The van der Waals surface area contributed by atoms with Crippen molar-refractivity contribution in [3.05, 3.63) is 64.3 Å². The molecule has 5 rings (SSSR count). The number of nitrogens with one attached hydrogen (secondary N) is 1. The molecule has 2 aromatic carbocycles. The Hall–Kier alpha value is -3.95. The van der Waals surface area contributed by atoms with Gasteiger partial charge in [-0.05, 0) is 36.8 Å². The minimum atomic E-state index is -4.78. The van der Waals surface area contributed by atoms with Crippen molar-refractivity contribution in [2.75, 3.05) is 53.4 Å². The summed E-state index contributed by atoms with van der Waals surface area (Å²) in [6.07, 6.45) is 0.538. The largest absolute Gasteiger partial charge is 0.495 e. The summed E-state index contributed by atoms with van der Waals surface area (Å²) >= 11 is 6.56. The number of likely N-dealkylation sites (tertiary alicyclic amines) is 1. The van der Waals surface area contributed by atoms with Crippen molar-refractivity contribution in [1.29, 1.82) is 0 Å². The van der Waals surface area contributed by atoms with Crippen molar-refractivity contribution in [3.63, 3.8) is 0 Å². The first-order valence-electron chi connectivity index (χ1n) is 14.3. The average molecular weight is 676 g/mol. The number of anilines is 1. The number of pyridine rings is 1. The van der Waals surface area contributed by atoms with Crippen molar-refractivity contribution in [1.82, 2.24) is 9.88 Å². The number of methoxy groups -OCH3 is 4. The SMILES string of the molecule is COc1cc(OC)c(S(=O)(=O)N2C(=O)C(c3cc(C)cnc3OC)(N3C[C@H](O)C[C@H]3C(=O)[NH+](C)C)c3cc(Cl)ccc32)cc1OC. The molecule has 1 fully saturated rings. The van der Waals surface area contributed by atoms with Crippen LogP contribution in [0.15, 0.2) is 47.5 Å². The second kappa shape index (κ2) is 12.3. The molecule has 46 heavy (non-hydrogen) atoms. The minimum Gasteiger partial charge on any atom is -0.495 e. The Bertz CT molecular complexity index is 1820. The molecule has 3 aromatic rings. The molecular formula is C31H36ClN4O9S+. The van der Waals surface area contributed by atoms with E-state index >= 15 is 4.79 Å². The summed E-state index contributed by atoms with van der Waals surface area (Å²) in [4.78, 5) is 35.1. The summed E-state index contributed by atoms with van der Waals surface area (Å²) in [5.74, 6) is -1.04. The van der Waals surface area contributed by atoms with Crippen LogP contribution < -0.4 is 28.2 Å². The second-order valence-corrected chi connectivity index (χ2v) is 13.5. The van der Waals surface area contributed by atoms with Crippen LogP contribution in [0, 0.1) is 6.92 Å². The molecule has 0 saturated carbocycles. The lowest BCUT2D eigenvalue weighted by Gasteiger charge is -2.41. The van der Waals surface area contributed by atoms with Gasteiger partial charge in [0.25, 0.3) is 15.9 Å². The highest BCUT2D eigenvalue weighted by Gasteiger charge is 2.65. The number of aromatic nitrogens is 1. The molecule has 0 spiro atoms. The maximum absolute atomic E-state index is 15.4. The molecule has 15 heteroatoms. The van der Waals surface area contributed by atoms with E-state index in [4.69, 9.17) is 30.5 Å². The molecule has 3 atom stereocenters. The molecule has 2 amide bonds. The fourth-order valence-corrected chi connectivity index (χ4v) is 8.11. The number of hydrogen-bond acceptors (Lipinski definition) is 11. The third-order valence-corrected chi connectivity index (χ3v) is 10.3. The molecule has 0 aliphatic carbocycles. The number of hydrogen-bond donors (Lipinski definition) is 2. The summed E-state index contributed by atoms with van der Waals surface area (Å²) in [5, 5.41) is 11.2. The van der Waals surface area contributed by atoms with Crippen molar-refractivity contribution in [2.45, 2.75) is 35.9 Å². The number of amides is 2. The first-order valence-corrected chi connectivity index (χ1v) is 16.1. The predicted molar refractivity (Wildman–Crippen MR) is 167 cm³/mol. The number of rotatable bonds is 9. The smallest absolute Gasteiger partial charge is 0.329 e. The van der Waals surface area contributed by atoms with Gasteiger partial charge in [0.05, 0.1) is 54.3 Å². The van der Waals surface area contributed by atoms with Crippen LogP contribution in [0.4, 0.5) is 5.69 Å². The third kappa shape index (κ3) is 5.04. The highest BCUT2D eigenvalue weighted by Crippen LogP contribution is 2.55. The fraction of sp³-hybridized carbons (Fsp3) is 0.387. The van der Waals surface area contributed by atoms with Crippen LogP contribution in [-0.4, -0.2) is 96.4 Å². The highest BCUT2D eigenvalue weighted by molar-refractivity contribution is 7.93. The average Bonchev–Trinajstić information content (AvgIpc) is 3.54. The van der Waals surface area contributed by atoms with Gasteiger partial charge in [0.15, 0.2) is 17.0 Å². The molecule has 2 N–H and O–H groups in total. The molecule has 2 aliphatic rings. The van der Waals surface area contributed by atoms with Gasteiger partial charge in [-0.15, -0.1) is 0 Å². The molecule has 246 valence electrons. The van der Waals surface area contributed by atoms with E-state index in [1.807, 2.05) is 0 Å². The summed E-state index contributed by atoms with van der Waals surface area (Å²) < 4.78 is 52.1. The lowest BCUT2D eigenvalue weighted by atomic mass is 9.81. The standard InChI is InChI=1S/C31H35ClN4O9S/c1-17-10-21(28(45-7)33-15-17)31(35-16-19(37)12-23(35)29(38)34(2)3)20-11-18(32)8-9-22(20)36(30(31)39)46(40,41)27-14-25(43-5)24(42-4)13-26(27)44-6/h8-11,13-15,19,23,37H,12,16H2,1-7H3/p+1/t19-,23+,31?/m1/s1. The second-order valence-electron chi connectivity index (χ2n) is 11.3. The Labute approximate surface area is 272 Å². The quantitative estimate of drug-likeness (QED) is 0.337. The van der Waals surface area contributed by atoms with Crippen molar-refractivity contribution in [3.8, 4) is 23.1 Å². The van der Waals surface area contributed by atoms with E-state index in [0.29, 0.717) is 14.8 Å². The number of fused-ring (bicyclic) bond motifs is 1. The maximum atomic E-state index is 15.4. The van der Waals surface area contributed by atoms with Crippen LogP contribution in [0.5, 0.6) is 23.1 Å². The molecule has 2 aliphatic heterocycles. The van der Waals surface area contributed by atoms with Crippen LogP contribution in [0.3, 0.4) is 0 Å². The van der Waals surface area contributed by atoms with Crippen molar-refractivity contribution in [2.24, 2.45) is 0 Å². The normalized spacial score (nSPS) is 21.4. The number of quaternary nitrogens is 1. The first kappa shape index (κ1) is 33.4. The number of nitrogens with zero attached hydrogens (tertiary/aromatic N) is 3. The van der Waals surface area contributed by atoms with Gasteiger partial charge in [0.1, 0.15) is 16.7 Å². The minimum absolute atomic E-state index is 0.00670. The number of aryl methyl sites for hydroxylation is 1. The molecule has 1 aromatic heterocycles. The number of halogens is 1. The Balaban J connectivity index is 1.89. The van der Waals surface area contributed by atoms with Crippen LogP contribution in [0.25, 0.3) is 0 Å². The summed E-state index contributed by atoms with van der Waals surface area (Å²) in [7, 11) is 3.92. The van der Waals surface area contributed by atoms with Crippen molar-refractivity contribution >= 4 is 39.1 Å². The lowest BCUT2D eigenvalue weighted by Crippen LogP contribution is -3.10. The van der Waals surface area contributed by atoms with E-state index in [1.165, 1.54) is 58.8 Å². The predicted octanol–water partition coefficient (Wildman–Crippen LogP) is 1.16. The molecular weight excluding hydrogens is 640 g/mol. The zero-order valence-corrected chi connectivity index (χ0v) is 28.0. The van der Waals surface area contributed by atoms with Gasteiger partial charge >= 0.3 is 5.91 Å². The van der Waals surface area contributed by atoms with Gasteiger partial charge in [-0.25, -0.2) is 22.5 Å². The van der Waals surface area contributed by atoms with E-state index in [-0.39, 0.29) is 68.7 Å². The number of aliphatic hydroxyl groups excluding tert-OH is 1. The highest BCUT2D eigenvalue weighted by atomic mass is 35.5. The number of carbonyl (C=O) groups is 2. The molecule has 0 radical (unpaired) electrons. The Kier molecular flexibility index (Phi) is 8.96. The third-order valence-electron chi connectivity index (χ3n) is 8.33. The van der Waals surface area contributed by atoms with E-state index in [9.17, 15) is 18.3 Å². The number of β-amino-alcohol motifs (C(OH)–C–C–N with tert-alkyl or cyclic N) is 1. The van der Waals surface area contributed by atoms with E-state index < -0.39 is 33.6 Å². The van der Waals surface area contributed by atoms with Gasteiger partial charge in [-0.1, -0.05) is 11.6 Å². The van der Waals surface area contributed by atoms with Gasteiger partial charge in [-0.3, -0.25) is 14.6 Å². The van der Waals surface area contributed by atoms with Crippen LogP contribution in [-0.2, 0) is 25.2 Å².